The molecule has 0 fully saturated rings. The maximum atomic E-state index is 12.4. The van der Waals surface area contributed by atoms with E-state index in [-0.39, 0.29) is 5.91 Å². The summed E-state index contributed by atoms with van der Waals surface area (Å²) in [6.45, 7) is 4.62. The number of hydrogen-bond acceptors (Lipinski definition) is 3. The van der Waals surface area contributed by atoms with Gasteiger partial charge in [0.1, 0.15) is 12.4 Å². The van der Waals surface area contributed by atoms with E-state index in [2.05, 4.69) is 14.9 Å². The summed E-state index contributed by atoms with van der Waals surface area (Å²) < 4.78 is 7.60. The molecule has 5 heteroatoms. The highest BCUT2D eigenvalue weighted by Crippen LogP contribution is 2.21. The smallest absolute Gasteiger partial charge is 0.251 e. The van der Waals surface area contributed by atoms with Gasteiger partial charge in [0.05, 0.1) is 17.6 Å². The fourth-order valence-electron chi connectivity index (χ4n) is 3.09. The number of aryl methyl sites for hydroxylation is 1. The molecular formula is C19H19N3O2. The zero-order chi connectivity index (χ0) is 16.5. The summed E-state index contributed by atoms with van der Waals surface area (Å²) in [7, 11) is 0. The largest absolute Gasteiger partial charge is 0.372 e. The van der Waals surface area contributed by atoms with Gasteiger partial charge in [0, 0.05) is 18.7 Å². The van der Waals surface area contributed by atoms with Crippen molar-refractivity contribution in [3.63, 3.8) is 0 Å². The molecule has 0 unspecified atom stereocenters. The minimum atomic E-state index is -0.0811. The molecule has 5 nitrogen and oxygen atoms in total. The lowest BCUT2D eigenvalue weighted by molar-refractivity contribution is 0.0830. The molecule has 122 valence electrons. The van der Waals surface area contributed by atoms with Crippen LogP contribution in [0.25, 0.3) is 11.0 Å². The molecule has 4 rings (SSSR count). The number of fused-ring (bicyclic) bond motifs is 3. The Morgan fingerprint density at radius 1 is 1.29 bits per heavy atom. The van der Waals surface area contributed by atoms with Crippen LogP contribution in [0.5, 0.6) is 0 Å². The van der Waals surface area contributed by atoms with Gasteiger partial charge in [0.25, 0.3) is 5.91 Å². The molecule has 0 radical (unpaired) electrons. The monoisotopic (exact) mass is 321 g/mol. The Labute approximate surface area is 140 Å². The molecule has 1 aliphatic heterocycles. The highest BCUT2D eigenvalue weighted by atomic mass is 16.5. The van der Waals surface area contributed by atoms with Crippen LogP contribution >= 0.6 is 0 Å². The Morgan fingerprint density at radius 2 is 2.17 bits per heavy atom. The van der Waals surface area contributed by atoms with Gasteiger partial charge in [0.15, 0.2) is 0 Å². The molecule has 2 aromatic carbocycles. The first-order valence-electron chi connectivity index (χ1n) is 8.12. The highest BCUT2D eigenvalue weighted by molar-refractivity contribution is 5.97. The van der Waals surface area contributed by atoms with Gasteiger partial charge in [-0.3, -0.25) is 4.79 Å². The molecule has 1 aromatic heterocycles. The number of rotatable bonds is 3. The van der Waals surface area contributed by atoms with Crippen molar-refractivity contribution in [2.24, 2.45) is 0 Å². The van der Waals surface area contributed by atoms with E-state index in [1.165, 1.54) is 5.56 Å². The molecule has 1 amide bonds. The number of imidazole rings is 1. The molecule has 1 N–H and O–H groups in total. The lowest BCUT2D eigenvalue weighted by Crippen LogP contribution is -2.23. The fourth-order valence-corrected chi connectivity index (χ4v) is 3.09. The number of hydrogen-bond donors (Lipinski definition) is 1. The van der Waals surface area contributed by atoms with E-state index in [1.54, 1.807) is 0 Å². The maximum absolute atomic E-state index is 12.4. The maximum Gasteiger partial charge on any atom is 0.251 e. The Hall–Kier alpha value is -2.66. The number of ether oxygens (including phenoxy) is 1. The lowest BCUT2D eigenvalue weighted by Gasteiger charge is -2.14. The third kappa shape index (κ3) is 2.67. The number of aromatic nitrogens is 2. The van der Waals surface area contributed by atoms with Crippen molar-refractivity contribution in [2.45, 2.75) is 26.6 Å². The molecule has 0 atom stereocenters. The SMILES string of the molecule is Cc1ccccc1CNC(=O)c1ccc2c(c1)nc1n2CCOC1. The first-order valence-corrected chi connectivity index (χ1v) is 8.12. The van der Waals surface area contributed by atoms with Gasteiger partial charge in [-0.1, -0.05) is 24.3 Å². The summed E-state index contributed by atoms with van der Waals surface area (Å²) in [5.41, 5.74) is 4.84. The average molecular weight is 321 g/mol. The Bertz CT molecular complexity index is 914. The number of benzene rings is 2. The number of nitrogens with zero attached hydrogens (tertiary/aromatic N) is 2. The molecule has 2 heterocycles. The van der Waals surface area contributed by atoms with Gasteiger partial charge in [0.2, 0.25) is 0 Å². The van der Waals surface area contributed by atoms with Crippen LogP contribution in [0.3, 0.4) is 0 Å². The van der Waals surface area contributed by atoms with Crippen molar-refractivity contribution in [3.8, 4) is 0 Å². The molecule has 0 saturated carbocycles. The average Bonchev–Trinajstić information content (AvgIpc) is 2.98. The first kappa shape index (κ1) is 14.9. The molecular weight excluding hydrogens is 302 g/mol. The molecule has 1 aliphatic rings. The van der Waals surface area contributed by atoms with Crippen molar-refractivity contribution in [1.82, 2.24) is 14.9 Å². The summed E-state index contributed by atoms with van der Waals surface area (Å²) in [5, 5.41) is 2.98. The topological polar surface area (TPSA) is 56.2 Å². The van der Waals surface area contributed by atoms with Crippen LogP contribution in [-0.2, 0) is 24.4 Å². The van der Waals surface area contributed by atoms with E-state index >= 15 is 0 Å². The summed E-state index contributed by atoms with van der Waals surface area (Å²) in [6, 6.07) is 13.7. The van der Waals surface area contributed by atoms with Crippen molar-refractivity contribution in [2.75, 3.05) is 6.61 Å². The zero-order valence-electron chi connectivity index (χ0n) is 13.6. The van der Waals surface area contributed by atoms with Crippen LogP contribution in [0.1, 0.15) is 27.3 Å². The van der Waals surface area contributed by atoms with Gasteiger partial charge >= 0.3 is 0 Å². The van der Waals surface area contributed by atoms with Crippen LogP contribution in [0.2, 0.25) is 0 Å². The Morgan fingerprint density at radius 3 is 3.04 bits per heavy atom. The minimum absolute atomic E-state index is 0.0811. The van der Waals surface area contributed by atoms with Gasteiger partial charge < -0.3 is 14.6 Å². The second-order valence-corrected chi connectivity index (χ2v) is 6.04. The molecule has 3 aromatic rings. The van der Waals surface area contributed by atoms with Crippen molar-refractivity contribution in [1.29, 1.82) is 0 Å². The number of amides is 1. The van der Waals surface area contributed by atoms with Gasteiger partial charge in [-0.15, -0.1) is 0 Å². The number of carbonyl (C=O) groups excluding carboxylic acids is 1. The van der Waals surface area contributed by atoms with Crippen LogP contribution in [0, 0.1) is 6.92 Å². The van der Waals surface area contributed by atoms with Crippen LogP contribution in [-0.4, -0.2) is 22.1 Å². The number of carbonyl (C=O) groups is 1. The molecule has 0 saturated heterocycles. The normalized spacial score (nSPS) is 13.7. The van der Waals surface area contributed by atoms with Crippen LogP contribution in [0.15, 0.2) is 42.5 Å². The van der Waals surface area contributed by atoms with E-state index in [9.17, 15) is 4.79 Å². The predicted molar refractivity (Wildman–Crippen MR) is 91.7 cm³/mol. The highest BCUT2D eigenvalue weighted by Gasteiger charge is 2.16. The summed E-state index contributed by atoms with van der Waals surface area (Å²) in [4.78, 5) is 17.0. The Kier molecular flexibility index (Phi) is 3.78. The van der Waals surface area contributed by atoms with Gasteiger partial charge in [-0.05, 0) is 36.2 Å². The first-order chi connectivity index (χ1) is 11.7. The second kappa shape index (κ2) is 6.09. The van der Waals surface area contributed by atoms with Gasteiger partial charge in [-0.25, -0.2) is 4.98 Å². The molecule has 0 aliphatic carbocycles. The Balaban J connectivity index is 1.55. The van der Waals surface area contributed by atoms with E-state index in [0.717, 1.165) is 29.0 Å². The third-order valence-electron chi connectivity index (χ3n) is 4.48. The van der Waals surface area contributed by atoms with E-state index in [1.807, 2.05) is 49.4 Å². The molecule has 0 bridgehead atoms. The van der Waals surface area contributed by atoms with Crippen LogP contribution in [0.4, 0.5) is 0 Å². The van der Waals surface area contributed by atoms with E-state index < -0.39 is 0 Å². The predicted octanol–water partition coefficient (Wildman–Crippen LogP) is 2.80. The standard InChI is InChI=1S/C19H19N3O2/c1-13-4-2-3-5-15(13)11-20-19(23)14-6-7-17-16(10-14)21-18-12-24-9-8-22(17)18/h2-7,10H,8-9,11-12H2,1H3,(H,20,23). The van der Waals surface area contributed by atoms with Crippen LogP contribution < -0.4 is 5.32 Å². The van der Waals surface area contributed by atoms with Crippen molar-refractivity contribution >= 4 is 16.9 Å². The summed E-state index contributed by atoms with van der Waals surface area (Å²) in [6.07, 6.45) is 0. The quantitative estimate of drug-likeness (QED) is 0.807. The fraction of sp³-hybridized carbons (Fsp3) is 0.263. The molecule has 24 heavy (non-hydrogen) atoms. The summed E-state index contributed by atoms with van der Waals surface area (Å²) >= 11 is 0. The number of nitrogens with one attached hydrogen (secondary N) is 1. The lowest BCUT2D eigenvalue weighted by atomic mass is 10.1. The zero-order valence-corrected chi connectivity index (χ0v) is 13.6. The van der Waals surface area contributed by atoms with Crippen molar-refractivity contribution in [3.05, 3.63) is 65.0 Å². The minimum Gasteiger partial charge on any atom is -0.372 e. The van der Waals surface area contributed by atoms with E-state index in [0.29, 0.717) is 25.3 Å². The van der Waals surface area contributed by atoms with E-state index in [4.69, 9.17) is 4.74 Å². The van der Waals surface area contributed by atoms with Crippen molar-refractivity contribution < 1.29 is 9.53 Å². The summed E-state index contributed by atoms with van der Waals surface area (Å²) in [5.74, 6) is 0.844. The van der Waals surface area contributed by atoms with Gasteiger partial charge in [-0.2, -0.15) is 0 Å². The molecule has 0 spiro atoms. The second-order valence-electron chi connectivity index (χ2n) is 6.04. The third-order valence-corrected chi connectivity index (χ3v) is 4.48.